The van der Waals surface area contributed by atoms with Crippen LogP contribution < -0.4 is 16.4 Å². The summed E-state index contributed by atoms with van der Waals surface area (Å²) in [6, 6.07) is 6.17. The zero-order chi connectivity index (χ0) is 13.5. The lowest BCUT2D eigenvalue weighted by molar-refractivity contribution is 0.0964. The quantitative estimate of drug-likeness (QED) is 0.712. The predicted octanol–water partition coefficient (Wildman–Crippen LogP) is 1.90. The first-order valence-electron chi connectivity index (χ1n) is 6.01. The van der Waals surface area contributed by atoms with Crippen LogP contribution in [-0.2, 0) is 0 Å². The van der Waals surface area contributed by atoms with Crippen LogP contribution in [0.5, 0.6) is 0 Å². The highest BCUT2D eigenvalue weighted by Gasteiger charge is 2.13. The predicted molar refractivity (Wildman–Crippen MR) is 71.2 cm³/mol. The Kier molecular flexibility index (Phi) is 5.17. The Hall–Kier alpha value is -2.04. The van der Waals surface area contributed by atoms with Gasteiger partial charge in [-0.3, -0.25) is 10.1 Å². The Bertz CT molecular complexity index is 432. The van der Waals surface area contributed by atoms with Crippen molar-refractivity contribution in [3.05, 3.63) is 29.8 Å². The fourth-order valence-corrected chi connectivity index (χ4v) is 1.64. The molecule has 0 aliphatic rings. The number of carbonyl (C=O) groups is 2. The molecule has 98 valence electrons. The molecular weight excluding hydrogens is 230 g/mol. The molecule has 1 aromatic rings. The van der Waals surface area contributed by atoms with Crippen molar-refractivity contribution in [2.45, 2.75) is 32.7 Å². The maximum absolute atomic E-state index is 11.8. The third kappa shape index (κ3) is 4.08. The van der Waals surface area contributed by atoms with Gasteiger partial charge >= 0.3 is 6.03 Å². The fourth-order valence-electron chi connectivity index (χ4n) is 1.64. The molecule has 1 rings (SSSR count). The van der Waals surface area contributed by atoms with Gasteiger partial charge in [0.1, 0.15) is 0 Å². The summed E-state index contributed by atoms with van der Waals surface area (Å²) in [7, 11) is 0. The average Bonchev–Trinajstić information content (AvgIpc) is 2.29. The van der Waals surface area contributed by atoms with E-state index in [1.54, 1.807) is 24.3 Å². The number of hydrogen-bond acceptors (Lipinski definition) is 3. The number of benzene rings is 1. The number of nitrogens with two attached hydrogens (primary N) is 1. The van der Waals surface area contributed by atoms with Crippen molar-refractivity contribution in [1.82, 2.24) is 10.6 Å². The molecule has 0 aromatic heterocycles. The number of hydrogen-bond donors (Lipinski definition) is 3. The van der Waals surface area contributed by atoms with E-state index >= 15 is 0 Å². The minimum atomic E-state index is -0.496. The number of nitrogen functional groups attached to an aromatic ring is 1. The van der Waals surface area contributed by atoms with E-state index in [1.165, 1.54) is 0 Å². The summed E-state index contributed by atoms with van der Waals surface area (Å²) < 4.78 is 0. The Morgan fingerprint density at radius 3 is 2.61 bits per heavy atom. The number of imide groups is 1. The van der Waals surface area contributed by atoms with Gasteiger partial charge in [0.2, 0.25) is 0 Å². The number of carbonyl (C=O) groups excluding carboxylic acids is 2. The monoisotopic (exact) mass is 249 g/mol. The average molecular weight is 249 g/mol. The maximum Gasteiger partial charge on any atom is 0.321 e. The van der Waals surface area contributed by atoms with E-state index in [2.05, 4.69) is 10.6 Å². The summed E-state index contributed by atoms with van der Waals surface area (Å²) in [4.78, 5) is 23.3. The lowest BCUT2D eigenvalue weighted by Gasteiger charge is -2.13. The molecule has 0 bridgehead atoms. The molecule has 5 heteroatoms. The summed E-state index contributed by atoms with van der Waals surface area (Å²) >= 11 is 0. The molecule has 0 heterocycles. The molecule has 0 saturated carbocycles. The first-order chi connectivity index (χ1) is 8.54. The molecule has 0 aliphatic carbocycles. The van der Waals surface area contributed by atoms with Crippen LogP contribution in [0.3, 0.4) is 0 Å². The van der Waals surface area contributed by atoms with Crippen LogP contribution in [0, 0.1) is 0 Å². The Morgan fingerprint density at radius 2 is 2.00 bits per heavy atom. The van der Waals surface area contributed by atoms with Gasteiger partial charge in [-0.25, -0.2) is 4.79 Å². The van der Waals surface area contributed by atoms with Crippen molar-refractivity contribution < 1.29 is 9.59 Å². The third-order valence-corrected chi connectivity index (χ3v) is 2.53. The highest BCUT2D eigenvalue weighted by atomic mass is 16.2. The van der Waals surface area contributed by atoms with E-state index < -0.39 is 11.9 Å². The van der Waals surface area contributed by atoms with Gasteiger partial charge in [0.05, 0.1) is 5.56 Å². The summed E-state index contributed by atoms with van der Waals surface area (Å²) in [6.45, 7) is 3.93. The lowest BCUT2D eigenvalue weighted by Crippen LogP contribution is -2.43. The summed E-state index contributed by atoms with van der Waals surface area (Å²) in [6.07, 6.45) is 1.84. The standard InChI is InChI=1S/C13H19N3O2/c1-3-6-9(2)15-13(18)16-12(17)10-7-4-5-8-11(10)14/h4-5,7-9H,3,6,14H2,1-2H3,(H2,15,16,17,18). The second-order valence-corrected chi connectivity index (χ2v) is 4.20. The molecular formula is C13H19N3O2. The smallest absolute Gasteiger partial charge is 0.321 e. The van der Waals surface area contributed by atoms with Crippen molar-refractivity contribution in [3.63, 3.8) is 0 Å². The molecule has 3 amide bonds. The highest BCUT2D eigenvalue weighted by molar-refractivity contribution is 6.07. The van der Waals surface area contributed by atoms with Crippen molar-refractivity contribution in [1.29, 1.82) is 0 Å². The van der Waals surface area contributed by atoms with E-state index in [4.69, 9.17) is 5.73 Å². The van der Waals surface area contributed by atoms with Crippen molar-refractivity contribution in [2.24, 2.45) is 0 Å². The molecule has 18 heavy (non-hydrogen) atoms. The lowest BCUT2D eigenvalue weighted by atomic mass is 10.1. The van der Waals surface area contributed by atoms with Crippen LogP contribution >= 0.6 is 0 Å². The third-order valence-electron chi connectivity index (χ3n) is 2.53. The van der Waals surface area contributed by atoms with Gasteiger partial charge in [-0.1, -0.05) is 25.5 Å². The summed E-state index contributed by atoms with van der Waals surface area (Å²) in [5, 5.41) is 4.95. The number of anilines is 1. The normalized spacial score (nSPS) is 11.7. The topological polar surface area (TPSA) is 84.2 Å². The number of para-hydroxylation sites is 1. The Morgan fingerprint density at radius 1 is 1.33 bits per heavy atom. The second-order valence-electron chi connectivity index (χ2n) is 4.20. The van der Waals surface area contributed by atoms with Gasteiger partial charge in [-0.05, 0) is 25.5 Å². The zero-order valence-electron chi connectivity index (χ0n) is 10.7. The van der Waals surface area contributed by atoms with Gasteiger partial charge in [-0.2, -0.15) is 0 Å². The van der Waals surface area contributed by atoms with Gasteiger partial charge in [0, 0.05) is 11.7 Å². The fraction of sp³-hybridized carbons (Fsp3) is 0.385. The molecule has 5 nitrogen and oxygen atoms in total. The van der Waals surface area contributed by atoms with Crippen LogP contribution in [0.15, 0.2) is 24.3 Å². The number of amides is 3. The first kappa shape index (κ1) is 14.0. The molecule has 0 spiro atoms. The van der Waals surface area contributed by atoms with Gasteiger partial charge in [-0.15, -0.1) is 0 Å². The number of rotatable bonds is 4. The molecule has 4 N–H and O–H groups in total. The molecule has 1 unspecified atom stereocenters. The van der Waals surface area contributed by atoms with Gasteiger partial charge in [0.15, 0.2) is 0 Å². The molecule has 0 aliphatic heterocycles. The largest absolute Gasteiger partial charge is 0.398 e. The van der Waals surface area contributed by atoms with Crippen molar-refractivity contribution >= 4 is 17.6 Å². The SMILES string of the molecule is CCCC(C)NC(=O)NC(=O)c1ccccc1N. The van der Waals surface area contributed by atoms with E-state index in [0.717, 1.165) is 12.8 Å². The highest BCUT2D eigenvalue weighted by Crippen LogP contribution is 2.09. The number of nitrogens with one attached hydrogen (secondary N) is 2. The van der Waals surface area contributed by atoms with Crippen LogP contribution in [0.4, 0.5) is 10.5 Å². The second kappa shape index (κ2) is 6.64. The Balaban J connectivity index is 2.55. The molecule has 0 radical (unpaired) electrons. The van der Waals surface area contributed by atoms with Gasteiger partial charge in [0.25, 0.3) is 5.91 Å². The minimum absolute atomic E-state index is 0.0379. The van der Waals surface area contributed by atoms with Crippen LogP contribution in [-0.4, -0.2) is 18.0 Å². The van der Waals surface area contributed by atoms with E-state index in [0.29, 0.717) is 11.3 Å². The summed E-state index contributed by atoms with van der Waals surface area (Å²) in [5.41, 5.74) is 6.31. The maximum atomic E-state index is 11.8. The minimum Gasteiger partial charge on any atom is -0.398 e. The van der Waals surface area contributed by atoms with Crippen LogP contribution in [0.2, 0.25) is 0 Å². The number of urea groups is 1. The van der Waals surface area contributed by atoms with Crippen molar-refractivity contribution in [3.8, 4) is 0 Å². The van der Waals surface area contributed by atoms with E-state index in [-0.39, 0.29) is 6.04 Å². The van der Waals surface area contributed by atoms with E-state index in [9.17, 15) is 9.59 Å². The molecule has 1 atom stereocenters. The van der Waals surface area contributed by atoms with Crippen molar-refractivity contribution in [2.75, 3.05) is 5.73 Å². The van der Waals surface area contributed by atoms with E-state index in [1.807, 2.05) is 13.8 Å². The molecule has 1 aromatic carbocycles. The first-order valence-corrected chi connectivity index (χ1v) is 6.01. The molecule has 0 fully saturated rings. The van der Waals surface area contributed by atoms with Gasteiger partial charge < -0.3 is 11.1 Å². The van der Waals surface area contributed by atoms with Crippen LogP contribution in [0.25, 0.3) is 0 Å². The zero-order valence-corrected chi connectivity index (χ0v) is 10.7. The van der Waals surface area contributed by atoms with Crippen LogP contribution in [0.1, 0.15) is 37.0 Å². The summed E-state index contributed by atoms with van der Waals surface area (Å²) in [5.74, 6) is -0.491. The Labute approximate surface area is 107 Å². The molecule has 0 saturated heterocycles.